The molecule has 1 aromatic heterocycles. The maximum absolute atomic E-state index is 12.7. The van der Waals surface area contributed by atoms with Crippen molar-refractivity contribution in [3.63, 3.8) is 0 Å². The van der Waals surface area contributed by atoms with E-state index in [-0.39, 0.29) is 11.8 Å². The Labute approximate surface area is 187 Å². The molecular formula is C25H27N3O4. The van der Waals surface area contributed by atoms with Gasteiger partial charge in [-0.25, -0.2) is 0 Å². The molecule has 0 saturated heterocycles. The van der Waals surface area contributed by atoms with E-state index in [4.69, 9.17) is 9.47 Å². The van der Waals surface area contributed by atoms with Gasteiger partial charge in [0.15, 0.2) is 11.5 Å². The average Bonchev–Trinajstić information content (AvgIpc) is 2.83. The first-order valence-electron chi connectivity index (χ1n) is 10.6. The van der Waals surface area contributed by atoms with Crippen LogP contribution in [0.1, 0.15) is 46.5 Å². The third-order valence-electron chi connectivity index (χ3n) is 4.56. The van der Waals surface area contributed by atoms with Crippen molar-refractivity contribution in [3.8, 4) is 11.5 Å². The van der Waals surface area contributed by atoms with E-state index in [2.05, 4.69) is 15.6 Å². The van der Waals surface area contributed by atoms with Crippen molar-refractivity contribution in [2.24, 2.45) is 0 Å². The standard InChI is InChI=1S/C25H27N3O4/c1-3-13-27-24(29)19-7-10-21(11-8-19)28-25(30)20-9-12-22(23(15-20)31-4-2)32-17-18-6-5-14-26-16-18/h5-12,14-16H,3-4,13,17H2,1-2H3,(H,27,29)(H,28,30). The molecule has 0 saturated carbocycles. The Morgan fingerprint density at radius 2 is 1.69 bits per heavy atom. The molecule has 0 spiro atoms. The van der Waals surface area contributed by atoms with E-state index in [1.54, 1.807) is 54.9 Å². The number of anilines is 1. The summed E-state index contributed by atoms with van der Waals surface area (Å²) in [5.41, 5.74) is 2.51. The highest BCUT2D eigenvalue weighted by atomic mass is 16.5. The van der Waals surface area contributed by atoms with Crippen LogP contribution in [0.25, 0.3) is 0 Å². The monoisotopic (exact) mass is 433 g/mol. The smallest absolute Gasteiger partial charge is 0.255 e. The van der Waals surface area contributed by atoms with Gasteiger partial charge in [-0.05, 0) is 61.9 Å². The minimum atomic E-state index is -0.284. The van der Waals surface area contributed by atoms with Crippen LogP contribution in [0.4, 0.5) is 5.69 Å². The second-order valence-corrected chi connectivity index (χ2v) is 7.03. The molecule has 0 bridgehead atoms. The fraction of sp³-hybridized carbons (Fsp3) is 0.240. The van der Waals surface area contributed by atoms with Crippen LogP contribution in [0.5, 0.6) is 11.5 Å². The normalized spacial score (nSPS) is 10.3. The van der Waals surface area contributed by atoms with Gasteiger partial charge in [0.05, 0.1) is 6.61 Å². The third kappa shape index (κ3) is 6.31. The van der Waals surface area contributed by atoms with Crippen molar-refractivity contribution in [2.75, 3.05) is 18.5 Å². The molecule has 0 fully saturated rings. The van der Waals surface area contributed by atoms with Gasteiger partial charge in [0.25, 0.3) is 11.8 Å². The molecule has 7 heteroatoms. The zero-order valence-electron chi connectivity index (χ0n) is 18.3. The number of benzene rings is 2. The van der Waals surface area contributed by atoms with Crippen LogP contribution in [0.3, 0.4) is 0 Å². The summed E-state index contributed by atoms with van der Waals surface area (Å²) in [6, 6.07) is 15.6. The molecule has 0 aliphatic rings. The first kappa shape index (κ1) is 22.8. The highest BCUT2D eigenvalue weighted by Crippen LogP contribution is 2.29. The molecule has 2 amide bonds. The van der Waals surface area contributed by atoms with Crippen LogP contribution in [0, 0.1) is 0 Å². The fourth-order valence-corrected chi connectivity index (χ4v) is 2.93. The predicted molar refractivity (Wildman–Crippen MR) is 123 cm³/mol. The number of carbonyl (C=O) groups excluding carboxylic acids is 2. The van der Waals surface area contributed by atoms with Gasteiger partial charge in [-0.2, -0.15) is 0 Å². The number of rotatable bonds is 10. The lowest BCUT2D eigenvalue weighted by atomic mass is 10.1. The van der Waals surface area contributed by atoms with Crippen LogP contribution in [0.15, 0.2) is 67.0 Å². The summed E-state index contributed by atoms with van der Waals surface area (Å²) in [4.78, 5) is 28.8. The first-order chi connectivity index (χ1) is 15.6. The quantitative estimate of drug-likeness (QED) is 0.493. The minimum Gasteiger partial charge on any atom is -0.490 e. The van der Waals surface area contributed by atoms with Crippen molar-refractivity contribution in [2.45, 2.75) is 26.9 Å². The SMILES string of the molecule is CCCNC(=O)c1ccc(NC(=O)c2ccc(OCc3cccnc3)c(OCC)c2)cc1. The lowest BCUT2D eigenvalue weighted by molar-refractivity contribution is 0.0953. The zero-order valence-corrected chi connectivity index (χ0v) is 18.3. The summed E-state index contributed by atoms with van der Waals surface area (Å²) in [5.74, 6) is 0.627. The summed E-state index contributed by atoms with van der Waals surface area (Å²) >= 11 is 0. The molecule has 166 valence electrons. The predicted octanol–water partition coefficient (Wildman–Crippen LogP) is 4.45. The number of hydrogen-bond acceptors (Lipinski definition) is 5. The topological polar surface area (TPSA) is 89.6 Å². The Balaban J connectivity index is 1.66. The number of pyridine rings is 1. The summed E-state index contributed by atoms with van der Waals surface area (Å²) < 4.78 is 11.5. The van der Waals surface area contributed by atoms with Crippen LogP contribution in [0.2, 0.25) is 0 Å². The number of carbonyl (C=O) groups is 2. The van der Waals surface area contributed by atoms with Crippen LogP contribution >= 0.6 is 0 Å². The minimum absolute atomic E-state index is 0.132. The second kappa shape index (κ2) is 11.5. The number of nitrogens with zero attached hydrogens (tertiary/aromatic N) is 1. The van der Waals surface area contributed by atoms with E-state index in [1.165, 1.54) is 0 Å². The van der Waals surface area contributed by atoms with Crippen molar-refractivity contribution < 1.29 is 19.1 Å². The maximum Gasteiger partial charge on any atom is 0.255 e. The van der Waals surface area contributed by atoms with Gasteiger partial charge in [0.1, 0.15) is 6.61 Å². The van der Waals surface area contributed by atoms with Gasteiger partial charge >= 0.3 is 0 Å². The van der Waals surface area contributed by atoms with Crippen molar-refractivity contribution in [1.82, 2.24) is 10.3 Å². The Bertz CT molecular complexity index is 1040. The molecule has 0 radical (unpaired) electrons. The molecule has 7 nitrogen and oxygen atoms in total. The molecule has 0 atom stereocenters. The van der Waals surface area contributed by atoms with E-state index in [9.17, 15) is 9.59 Å². The molecule has 3 rings (SSSR count). The number of hydrogen-bond donors (Lipinski definition) is 2. The average molecular weight is 434 g/mol. The molecular weight excluding hydrogens is 406 g/mol. The largest absolute Gasteiger partial charge is 0.490 e. The van der Waals surface area contributed by atoms with Gasteiger partial charge in [0, 0.05) is 41.3 Å². The van der Waals surface area contributed by atoms with Crippen LogP contribution in [-0.4, -0.2) is 29.9 Å². The molecule has 0 aliphatic carbocycles. The first-order valence-corrected chi connectivity index (χ1v) is 10.6. The maximum atomic E-state index is 12.7. The number of ether oxygens (including phenoxy) is 2. The van der Waals surface area contributed by atoms with Gasteiger partial charge in [-0.1, -0.05) is 13.0 Å². The Hall–Kier alpha value is -3.87. The van der Waals surface area contributed by atoms with E-state index in [0.29, 0.717) is 48.1 Å². The highest BCUT2D eigenvalue weighted by molar-refractivity contribution is 6.05. The number of amides is 2. The second-order valence-electron chi connectivity index (χ2n) is 7.03. The molecule has 1 heterocycles. The van der Waals surface area contributed by atoms with Crippen molar-refractivity contribution in [3.05, 3.63) is 83.7 Å². The number of nitrogens with one attached hydrogen (secondary N) is 2. The lowest BCUT2D eigenvalue weighted by Crippen LogP contribution is -2.23. The Morgan fingerprint density at radius 1 is 0.906 bits per heavy atom. The molecule has 3 aromatic rings. The Kier molecular flexibility index (Phi) is 8.20. The molecule has 32 heavy (non-hydrogen) atoms. The van der Waals surface area contributed by atoms with Gasteiger partial charge in [-0.15, -0.1) is 0 Å². The van der Waals surface area contributed by atoms with E-state index in [0.717, 1.165) is 12.0 Å². The Morgan fingerprint density at radius 3 is 2.38 bits per heavy atom. The van der Waals surface area contributed by atoms with Crippen LogP contribution < -0.4 is 20.1 Å². The number of aromatic nitrogens is 1. The van der Waals surface area contributed by atoms with Crippen LogP contribution in [-0.2, 0) is 6.61 Å². The molecule has 0 aliphatic heterocycles. The van der Waals surface area contributed by atoms with E-state index >= 15 is 0 Å². The van der Waals surface area contributed by atoms with E-state index < -0.39 is 0 Å². The summed E-state index contributed by atoms with van der Waals surface area (Å²) in [6.07, 6.45) is 4.31. The van der Waals surface area contributed by atoms with Gasteiger partial charge in [-0.3, -0.25) is 14.6 Å². The summed E-state index contributed by atoms with van der Waals surface area (Å²) in [6.45, 7) is 5.28. The molecule has 0 unspecified atom stereocenters. The van der Waals surface area contributed by atoms with Crippen molar-refractivity contribution >= 4 is 17.5 Å². The summed E-state index contributed by atoms with van der Waals surface area (Å²) in [5, 5.41) is 5.66. The fourth-order valence-electron chi connectivity index (χ4n) is 2.93. The lowest BCUT2D eigenvalue weighted by Gasteiger charge is -2.13. The van der Waals surface area contributed by atoms with Gasteiger partial charge < -0.3 is 20.1 Å². The summed E-state index contributed by atoms with van der Waals surface area (Å²) in [7, 11) is 0. The van der Waals surface area contributed by atoms with Crippen molar-refractivity contribution in [1.29, 1.82) is 0 Å². The highest BCUT2D eigenvalue weighted by Gasteiger charge is 2.13. The third-order valence-corrected chi connectivity index (χ3v) is 4.56. The van der Waals surface area contributed by atoms with E-state index in [1.807, 2.05) is 26.0 Å². The molecule has 2 N–H and O–H groups in total. The van der Waals surface area contributed by atoms with Gasteiger partial charge in [0.2, 0.25) is 0 Å². The zero-order chi connectivity index (χ0) is 22.8. The molecule has 2 aromatic carbocycles.